The van der Waals surface area contributed by atoms with Gasteiger partial charge in [-0.05, 0) is 30.9 Å². The van der Waals surface area contributed by atoms with E-state index in [-0.39, 0.29) is 11.9 Å². The lowest BCUT2D eigenvalue weighted by Crippen LogP contribution is -2.07. The van der Waals surface area contributed by atoms with Gasteiger partial charge in [-0.2, -0.15) is 5.10 Å². The van der Waals surface area contributed by atoms with Gasteiger partial charge in [-0.15, -0.1) is 0 Å². The number of ether oxygens (including phenoxy) is 1. The average Bonchev–Trinajstić information content (AvgIpc) is 3.03. The quantitative estimate of drug-likeness (QED) is 0.778. The standard InChI is InChI=1S/C14H16N2O2/c1-3-18-14(17)11-7-10(11)9-5-4-6-13-12(9)8-16(2)15-13/h4-6,8,10-11H,3,7H2,1-2H3/t10-,11+/m0/s1. The molecule has 2 aromatic rings. The smallest absolute Gasteiger partial charge is 0.309 e. The first-order valence-electron chi connectivity index (χ1n) is 6.29. The van der Waals surface area contributed by atoms with Gasteiger partial charge in [0.05, 0.1) is 18.0 Å². The second kappa shape index (κ2) is 4.12. The SMILES string of the molecule is CCOC(=O)[C@@H]1C[C@H]1c1cccc2nn(C)cc12. The third-order valence-electron chi connectivity index (χ3n) is 3.48. The molecule has 0 amide bonds. The average molecular weight is 244 g/mol. The van der Waals surface area contributed by atoms with Crippen LogP contribution < -0.4 is 0 Å². The summed E-state index contributed by atoms with van der Waals surface area (Å²) in [6.07, 6.45) is 2.91. The van der Waals surface area contributed by atoms with Crippen LogP contribution in [0.15, 0.2) is 24.4 Å². The lowest BCUT2D eigenvalue weighted by molar-refractivity contribution is -0.144. The fraction of sp³-hybridized carbons (Fsp3) is 0.429. The molecule has 1 fully saturated rings. The summed E-state index contributed by atoms with van der Waals surface area (Å²) < 4.78 is 6.89. The molecule has 0 saturated heterocycles. The van der Waals surface area contributed by atoms with Gasteiger partial charge in [0.1, 0.15) is 0 Å². The van der Waals surface area contributed by atoms with Crippen molar-refractivity contribution in [3.05, 3.63) is 30.0 Å². The first-order valence-corrected chi connectivity index (χ1v) is 6.29. The highest BCUT2D eigenvalue weighted by atomic mass is 16.5. The molecule has 1 heterocycles. The van der Waals surface area contributed by atoms with Crippen LogP contribution in [-0.4, -0.2) is 22.4 Å². The Morgan fingerprint density at radius 3 is 3.17 bits per heavy atom. The minimum Gasteiger partial charge on any atom is -0.466 e. The summed E-state index contributed by atoms with van der Waals surface area (Å²) in [5.41, 5.74) is 2.21. The number of fused-ring (bicyclic) bond motifs is 1. The maximum Gasteiger partial charge on any atom is 0.309 e. The molecular weight excluding hydrogens is 228 g/mol. The van der Waals surface area contributed by atoms with E-state index in [0.29, 0.717) is 12.5 Å². The van der Waals surface area contributed by atoms with Gasteiger partial charge in [-0.1, -0.05) is 12.1 Å². The second-order valence-electron chi connectivity index (χ2n) is 4.78. The lowest BCUT2D eigenvalue weighted by atomic mass is 10.0. The Kier molecular flexibility index (Phi) is 2.58. The number of esters is 1. The van der Waals surface area contributed by atoms with Crippen molar-refractivity contribution in [3.63, 3.8) is 0 Å². The molecule has 4 nitrogen and oxygen atoms in total. The zero-order valence-corrected chi connectivity index (χ0v) is 10.6. The van der Waals surface area contributed by atoms with Gasteiger partial charge in [0.15, 0.2) is 0 Å². The van der Waals surface area contributed by atoms with Crippen LogP contribution in [0.4, 0.5) is 0 Å². The van der Waals surface area contributed by atoms with Crippen molar-refractivity contribution in [1.29, 1.82) is 0 Å². The Morgan fingerprint density at radius 2 is 2.39 bits per heavy atom. The molecular formula is C14H16N2O2. The van der Waals surface area contributed by atoms with Crippen molar-refractivity contribution in [1.82, 2.24) is 9.78 Å². The van der Waals surface area contributed by atoms with E-state index in [2.05, 4.69) is 11.2 Å². The minimum atomic E-state index is -0.0663. The summed E-state index contributed by atoms with van der Waals surface area (Å²) >= 11 is 0. The Labute approximate surface area is 106 Å². The first kappa shape index (κ1) is 11.3. The molecule has 1 aliphatic carbocycles. The maximum atomic E-state index is 11.7. The number of hydrogen-bond acceptors (Lipinski definition) is 3. The molecule has 4 heteroatoms. The lowest BCUT2D eigenvalue weighted by Gasteiger charge is -2.02. The molecule has 1 aromatic heterocycles. The van der Waals surface area contributed by atoms with E-state index in [4.69, 9.17) is 4.74 Å². The Bertz CT molecular complexity index is 603. The maximum absolute atomic E-state index is 11.7. The molecule has 0 radical (unpaired) electrons. The van der Waals surface area contributed by atoms with Gasteiger partial charge in [0, 0.05) is 18.6 Å². The van der Waals surface area contributed by atoms with Crippen LogP contribution >= 0.6 is 0 Å². The van der Waals surface area contributed by atoms with E-state index in [1.807, 2.05) is 37.0 Å². The molecule has 94 valence electrons. The van der Waals surface area contributed by atoms with Gasteiger partial charge in [0.2, 0.25) is 0 Å². The summed E-state index contributed by atoms with van der Waals surface area (Å²) in [4.78, 5) is 11.7. The van der Waals surface area contributed by atoms with E-state index in [1.54, 1.807) is 0 Å². The van der Waals surface area contributed by atoms with E-state index >= 15 is 0 Å². The van der Waals surface area contributed by atoms with E-state index in [9.17, 15) is 4.79 Å². The predicted octanol–water partition coefficient (Wildman–Crippen LogP) is 2.24. The van der Waals surface area contributed by atoms with Crippen molar-refractivity contribution in [2.24, 2.45) is 13.0 Å². The summed E-state index contributed by atoms with van der Waals surface area (Å²) in [6.45, 7) is 2.30. The van der Waals surface area contributed by atoms with Crippen LogP contribution in [0.5, 0.6) is 0 Å². The van der Waals surface area contributed by atoms with Gasteiger partial charge >= 0.3 is 5.97 Å². The Hall–Kier alpha value is -1.84. The van der Waals surface area contributed by atoms with Crippen molar-refractivity contribution in [2.75, 3.05) is 6.61 Å². The summed E-state index contributed by atoms with van der Waals surface area (Å²) in [7, 11) is 1.92. The summed E-state index contributed by atoms with van der Waals surface area (Å²) in [5, 5.41) is 5.54. The first-order chi connectivity index (χ1) is 8.70. The number of aromatic nitrogens is 2. The monoisotopic (exact) mass is 244 g/mol. The van der Waals surface area contributed by atoms with Crippen LogP contribution in [0, 0.1) is 5.92 Å². The predicted molar refractivity (Wildman–Crippen MR) is 68.2 cm³/mol. The zero-order valence-electron chi connectivity index (χ0n) is 10.6. The van der Waals surface area contributed by atoms with Crippen molar-refractivity contribution < 1.29 is 9.53 Å². The molecule has 0 aliphatic heterocycles. The molecule has 2 atom stereocenters. The van der Waals surface area contributed by atoms with Crippen LogP contribution in [0.1, 0.15) is 24.8 Å². The van der Waals surface area contributed by atoms with Crippen molar-refractivity contribution in [2.45, 2.75) is 19.3 Å². The summed E-state index contributed by atoms with van der Waals surface area (Å²) in [5.74, 6) is 0.274. The number of aryl methyl sites for hydroxylation is 1. The summed E-state index contributed by atoms with van der Waals surface area (Å²) in [6, 6.07) is 6.10. The van der Waals surface area contributed by atoms with Gasteiger partial charge < -0.3 is 4.74 Å². The fourth-order valence-electron chi connectivity index (χ4n) is 2.56. The normalized spacial score (nSPS) is 22.1. The molecule has 1 aliphatic rings. The van der Waals surface area contributed by atoms with Crippen molar-refractivity contribution >= 4 is 16.9 Å². The molecule has 1 saturated carbocycles. The van der Waals surface area contributed by atoms with Crippen LogP contribution in [0.2, 0.25) is 0 Å². The highest BCUT2D eigenvalue weighted by Gasteiger charge is 2.45. The molecule has 18 heavy (non-hydrogen) atoms. The molecule has 1 aromatic carbocycles. The van der Waals surface area contributed by atoms with Crippen LogP contribution in [0.3, 0.4) is 0 Å². The van der Waals surface area contributed by atoms with E-state index in [1.165, 1.54) is 5.56 Å². The topological polar surface area (TPSA) is 44.1 Å². The molecule has 0 unspecified atom stereocenters. The number of carbonyl (C=O) groups excluding carboxylic acids is 1. The third-order valence-corrected chi connectivity index (χ3v) is 3.48. The van der Waals surface area contributed by atoms with Crippen molar-refractivity contribution in [3.8, 4) is 0 Å². The Morgan fingerprint density at radius 1 is 1.56 bits per heavy atom. The number of carbonyl (C=O) groups is 1. The van der Waals surface area contributed by atoms with Gasteiger partial charge in [0.25, 0.3) is 0 Å². The van der Waals surface area contributed by atoms with Crippen LogP contribution in [0.25, 0.3) is 10.9 Å². The zero-order chi connectivity index (χ0) is 12.7. The van der Waals surface area contributed by atoms with Crippen LogP contribution in [-0.2, 0) is 16.6 Å². The largest absolute Gasteiger partial charge is 0.466 e. The molecule has 0 spiro atoms. The van der Waals surface area contributed by atoms with E-state index < -0.39 is 0 Å². The molecule has 0 bridgehead atoms. The number of benzene rings is 1. The number of nitrogens with zero attached hydrogens (tertiary/aromatic N) is 2. The minimum absolute atomic E-state index is 0.0377. The number of rotatable bonds is 3. The van der Waals surface area contributed by atoms with Gasteiger partial charge in [-0.3, -0.25) is 9.48 Å². The second-order valence-corrected chi connectivity index (χ2v) is 4.78. The van der Waals surface area contributed by atoms with Gasteiger partial charge in [-0.25, -0.2) is 0 Å². The molecule has 3 rings (SSSR count). The highest BCUT2D eigenvalue weighted by Crippen LogP contribution is 2.49. The molecule has 0 N–H and O–H groups in total. The Balaban J connectivity index is 1.90. The van der Waals surface area contributed by atoms with E-state index in [0.717, 1.165) is 17.3 Å². The highest BCUT2D eigenvalue weighted by molar-refractivity contribution is 5.85. The third kappa shape index (κ3) is 1.78. The number of hydrogen-bond donors (Lipinski definition) is 0. The fourth-order valence-corrected chi connectivity index (χ4v) is 2.56.